The Morgan fingerprint density at radius 1 is 1.09 bits per heavy atom. The highest BCUT2D eigenvalue weighted by Gasteiger charge is 2.16. The van der Waals surface area contributed by atoms with Crippen molar-refractivity contribution >= 4 is 27.6 Å². The maximum absolute atomic E-state index is 6.06. The molecule has 0 fully saturated rings. The van der Waals surface area contributed by atoms with Gasteiger partial charge in [-0.15, -0.1) is 6.42 Å². The highest BCUT2D eigenvalue weighted by molar-refractivity contribution is 6.00. The molecule has 0 aliphatic rings. The lowest BCUT2D eigenvalue weighted by Gasteiger charge is -2.02. The Morgan fingerprint density at radius 3 is 2.74 bits per heavy atom. The molecule has 4 aromatic rings. The van der Waals surface area contributed by atoms with Crippen LogP contribution in [0.5, 0.6) is 0 Å². The summed E-state index contributed by atoms with van der Waals surface area (Å²) in [4.78, 5) is 8.37. The minimum absolute atomic E-state index is 0.334. The van der Waals surface area contributed by atoms with Crippen molar-refractivity contribution in [1.29, 1.82) is 0 Å². The normalized spacial score (nSPS) is 10.9. The molecule has 0 atom stereocenters. The molecule has 23 heavy (non-hydrogen) atoms. The van der Waals surface area contributed by atoms with Gasteiger partial charge in [-0.25, -0.2) is 14.6 Å². The van der Waals surface area contributed by atoms with Crippen molar-refractivity contribution < 1.29 is 0 Å². The Kier molecular flexibility index (Phi) is 2.95. The molecule has 0 radical (unpaired) electrons. The van der Waals surface area contributed by atoms with Gasteiger partial charge in [0.25, 0.3) is 0 Å². The van der Waals surface area contributed by atoms with Gasteiger partial charge in [0.15, 0.2) is 5.65 Å². The lowest BCUT2D eigenvalue weighted by atomic mass is 10.0. The number of hydrogen-bond donors (Lipinski definition) is 1. The number of nitrogens with zero attached hydrogens (tertiary/aromatic N) is 4. The molecule has 0 aliphatic carbocycles. The maximum atomic E-state index is 6.06. The van der Waals surface area contributed by atoms with E-state index in [-0.39, 0.29) is 0 Å². The molecule has 2 N–H and O–H groups in total. The van der Waals surface area contributed by atoms with Crippen LogP contribution in [-0.2, 0) is 6.54 Å². The van der Waals surface area contributed by atoms with Crippen LogP contribution in [0.2, 0.25) is 0 Å². The number of nitrogens with two attached hydrogens (primary N) is 1. The molecule has 0 unspecified atom stereocenters. The zero-order chi connectivity index (χ0) is 15.8. The second-order valence-corrected chi connectivity index (χ2v) is 5.23. The number of hydrogen-bond acceptors (Lipinski definition) is 4. The van der Waals surface area contributed by atoms with Crippen LogP contribution in [0.1, 0.15) is 0 Å². The van der Waals surface area contributed by atoms with Crippen LogP contribution in [0.15, 0.2) is 48.8 Å². The van der Waals surface area contributed by atoms with Gasteiger partial charge in [-0.2, -0.15) is 5.10 Å². The third-order valence-corrected chi connectivity index (χ3v) is 3.82. The van der Waals surface area contributed by atoms with E-state index in [0.717, 1.165) is 22.0 Å². The summed E-state index contributed by atoms with van der Waals surface area (Å²) in [6.45, 7) is 0.334. The van der Waals surface area contributed by atoms with E-state index in [0.29, 0.717) is 18.0 Å². The molecule has 5 heteroatoms. The Hall–Kier alpha value is -3.39. The first-order valence-electron chi connectivity index (χ1n) is 7.17. The number of benzene rings is 2. The monoisotopic (exact) mass is 299 g/mol. The van der Waals surface area contributed by atoms with Crippen molar-refractivity contribution in [2.45, 2.75) is 6.54 Å². The fourth-order valence-corrected chi connectivity index (χ4v) is 2.77. The van der Waals surface area contributed by atoms with Gasteiger partial charge in [0.05, 0.1) is 5.39 Å². The van der Waals surface area contributed by atoms with Crippen molar-refractivity contribution in [3.05, 3.63) is 48.8 Å². The molecule has 110 valence electrons. The van der Waals surface area contributed by atoms with Gasteiger partial charge in [0.1, 0.15) is 24.4 Å². The van der Waals surface area contributed by atoms with Crippen molar-refractivity contribution in [2.75, 3.05) is 5.73 Å². The van der Waals surface area contributed by atoms with E-state index in [1.165, 1.54) is 11.7 Å². The number of anilines is 1. The van der Waals surface area contributed by atoms with Gasteiger partial charge >= 0.3 is 0 Å². The molecule has 0 amide bonds. The van der Waals surface area contributed by atoms with Crippen LogP contribution >= 0.6 is 0 Å². The second kappa shape index (κ2) is 5.11. The highest BCUT2D eigenvalue weighted by Crippen LogP contribution is 2.31. The Labute approximate surface area is 132 Å². The highest BCUT2D eigenvalue weighted by atomic mass is 15.3. The number of fused-ring (bicyclic) bond motifs is 2. The maximum Gasteiger partial charge on any atom is 0.164 e. The predicted octanol–water partition coefficient (Wildman–Crippen LogP) is 2.86. The standard InChI is InChI=1S/C18H13N5/c1-2-9-23-18-15(17(19)20-11-21-18)16(22-23)14-8-7-12-5-3-4-6-13(12)10-14/h1,3-8,10-11H,9H2,(H2,19,20,21). The van der Waals surface area contributed by atoms with Gasteiger partial charge in [0, 0.05) is 5.56 Å². The third kappa shape index (κ3) is 2.09. The minimum Gasteiger partial charge on any atom is -0.383 e. The summed E-state index contributed by atoms with van der Waals surface area (Å²) < 4.78 is 1.68. The average Bonchev–Trinajstić information content (AvgIpc) is 2.95. The zero-order valence-electron chi connectivity index (χ0n) is 12.3. The van der Waals surface area contributed by atoms with Crippen LogP contribution in [-0.4, -0.2) is 19.7 Å². The van der Waals surface area contributed by atoms with Gasteiger partial charge in [-0.1, -0.05) is 42.3 Å². The molecular formula is C18H13N5. The zero-order valence-corrected chi connectivity index (χ0v) is 12.3. The van der Waals surface area contributed by atoms with Crippen molar-refractivity contribution in [3.8, 4) is 23.6 Å². The molecule has 0 bridgehead atoms. The summed E-state index contributed by atoms with van der Waals surface area (Å²) in [5.74, 6) is 2.99. The van der Waals surface area contributed by atoms with Crippen molar-refractivity contribution in [2.24, 2.45) is 0 Å². The third-order valence-electron chi connectivity index (χ3n) is 3.82. The summed E-state index contributed by atoms with van der Waals surface area (Å²) in [5.41, 5.74) is 8.42. The van der Waals surface area contributed by atoms with E-state index in [1.54, 1.807) is 4.68 Å². The largest absolute Gasteiger partial charge is 0.383 e. The van der Waals surface area contributed by atoms with Crippen LogP contribution in [0.25, 0.3) is 33.1 Å². The van der Waals surface area contributed by atoms with Crippen molar-refractivity contribution in [3.63, 3.8) is 0 Å². The SMILES string of the molecule is C#CCn1nc(-c2ccc3ccccc3c2)c2c(N)ncnc21. The summed E-state index contributed by atoms with van der Waals surface area (Å²) in [7, 11) is 0. The molecule has 0 spiro atoms. The van der Waals surface area contributed by atoms with Gasteiger partial charge in [-0.3, -0.25) is 0 Å². The minimum atomic E-state index is 0.334. The molecule has 2 aromatic carbocycles. The molecule has 5 nitrogen and oxygen atoms in total. The number of terminal acetylenes is 1. The van der Waals surface area contributed by atoms with Gasteiger partial charge in [-0.05, 0) is 16.8 Å². The molecule has 2 heterocycles. The van der Waals surface area contributed by atoms with Crippen LogP contribution in [0, 0.1) is 12.3 Å². The topological polar surface area (TPSA) is 69.6 Å². The summed E-state index contributed by atoms with van der Waals surface area (Å²) >= 11 is 0. The Morgan fingerprint density at radius 2 is 1.91 bits per heavy atom. The first-order chi connectivity index (χ1) is 11.3. The van der Waals surface area contributed by atoms with Crippen LogP contribution < -0.4 is 5.73 Å². The van der Waals surface area contributed by atoms with E-state index < -0.39 is 0 Å². The fourth-order valence-electron chi connectivity index (χ4n) is 2.77. The fraction of sp³-hybridized carbons (Fsp3) is 0.0556. The van der Waals surface area contributed by atoms with E-state index in [2.05, 4.69) is 45.3 Å². The quantitative estimate of drug-likeness (QED) is 0.578. The number of nitrogen functional groups attached to an aromatic ring is 1. The first-order valence-corrected chi connectivity index (χ1v) is 7.17. The van der Waals surface area contributed by atoms with Gasteiger partial charge < -0.3 is 5.73 Å². The molecule has 4 rings (SSSR count). The number of rotatable bonds is 2. The number of aromatic nitrogens is 4. The average molecular weight is 299 g/mol. The molecule has 0 aliphatic heterocycles. The van der Waals surface area contributed by atoms with E-state index >= 15 is 0 Å². The molecule has 2 aromatic heterocycles. The first kappa shape index (κ1) is 13.3. The van der Waals surface area contributed by atoms with Crippen LogP contribution in [0.4, 0.5) is 5.82 Å². The Balaban J connectivity index is 2.02. The van der Waals surface area contributed by atoms with E-state index in [9.17, 15) is 0 Å². The summed E-state index contributed by atoms with van der Waals surface area (Å²) in [6, 6.07) is 14.4. The van der Waals surface area contributed by atoms with Crippen molar-refractivity contribution in [1.82, 2.24) is 19.7 Å². The lowest BCUT2D eigenvalue weighted by molar-refractivity contribution is 0.736. The van der Waals surface area contributed by atoms with Crippen LogP contribution in [0.3, 0.4) is 0 Å². The second-order valence-electron chi connectivity index (χ2n) is 5.23. The smallest absolute Gasteiger partial charge is 0.164 e. The van der Waals surface area contributed by atoms with Gasteiger partial charge in [0.2, 0.25) is 0 Å². The molecular weight excluding hydrogens is 286 g/mol. The lowest BCUT2D eigenvalue weighted by Crippen LogP contribution is -1.99. The summed E-state index contributed by atoms with van der Waals surface area (Å²) in [5, 5.41) is 7.66. The summed E-state index contributed by atoms with van der Waals surface area (Å²) in [6.07, 6.45) is 6.85. The Bertz CT molecular complexity index is 1070. The predicted molar refractivity (Wildman–Crippen MR) is 91.5 cm³/mol. The molecule has 0 saturated carbocycles. The molecule has 0 saturated heterocycles. The van der Waals surface area contributed by atoms with E-state index in [4.69, 9.17) is 12.2 Å². The van der Waals surface area contributed by atoms with E-state index in [1.807, 2.05) is 18.2 Å².